The Morgan fingerprint density at radius 2 is 1.96 bits per heavy atom. The van der Waals surface area contributed by atoms with Crippen LogP contribution in [0.5, 0.6) is 0 Å². The van der Waals surface area contributed by atoms with Gasteiger partial charge in [-0.2, -0.15) is 5.10 Å². The first-order valence-corrected chi connectivity index (χ1v) is 8.48. The molecule has 0 fully saturated rings. The van der Waals surface area contributed by atoms with Crippen molar-refractivity contribution in [2.45, 2.75) is 6.92 Å². The highest BCUT2D eigenvalue weighted by Gasteiger charge is 2.09. The predicted molar refractivity (Wildman–Crippen MR) is 106 cm³/mol. The van der Waals surface area contributed by atoms with Crippen molar-refractivity contribution in [1.82, 2.24) is 5.43 Å². The minimum Gasteiger partial charge on any atom is -0.455 e. The van der Waals surface area contributed by atoms with E-state index in [2.05, 4.69) is 15.8 Å². The normalized spacial score (nSPS) is 10.8. The molecule has 0 aliphatic carbocycles. The summed E-state index contributed by atoms with van der Waals surface area (Å²) in [6.45, 7) is 2.07. The van der Waals surface area contributed by atoms with Gasteiger partial charge in [-0.05, 0) is 31.2 Å². The number of nitrogens with zero attached hydrogens (tertiary/aromatic N) is 2. The first kappa shape index (κ1) is 18.8. The van der Waals surface area contributed by atoms with Crippen molar-refractivity contribution >= 4 is 23.5 Å². The third-order valence-corrected chi connectivity index (χ3v) is 3.85. The molecule has 2 aromatic carbocycles. The number of non-ortho nitro benzene ring substituents is 1. The SMILES string of the molecule is Cc1ccc(NCC(=O)N/N=C\c2ccc(-c3cccc([N+](=O)[O-])c3)o2)cc1. The lowest BCUT2D eigenvalue weighted by Gasteiger charge is -2.05. The molecule has 0 saturated carbocycles. The van der Waals surface area contributed by atoms with E-state index in [4.69, 9.17) is 4.42 Å². The number of nitro benzene ring substituents is 1. The van der Waals surface area contributed by atoms with E-state index in [0.717, 1.165) is 11.3 Å². The Bertz CT molecular complexity index is 1010. The van der Waals surface area contributed by atoms with Crippen molar-refractivity contribution in [3.8, 4) is 11.3 Å². The summed E-state index contributed by atoms with van der Waals surface area (Å²) in [5.74, 6) is 0.577. The van der Waals surface area contributed by atoms with Crippen molar-refractivity contribution in [1.29, 1.82) is 0 Å². The summed E-state index contributed by atoms with van der Waals surface area (Å²) in [5, 5.41) is 17.7. The number of anilines is 1. The average Bonchev–Trinajstić information content (AvgIpc) is 3.16. The zero-order chi connectivity index (χ0) is 19.9. The molecule has 28 heavy (non-hydrogen) atoms. The number of aryl methyl sites for hydroxylation is 1. The van der Waals surface area contributed by atoms with Gasteiger partial charge in [-0.1, -0.05) is 29.8 Å². The molecule has 142 valence electrons. The second kappa shape index (κ2) is 8.63. The van der Waals surface area contributed by atoms with E-state index in [1.54, 1.807) is 24.3 Å². The van der Waals surface area contributed by atoms with Gasteiger partial charge in [0.15, 0.2) is 0 Å². The van der Waals surface area contributed by atoms with E-state index in [9.17, 15) is 14.9 Å². The number of carbonyl (C=O) groups is 1. The number of carbonyl (C=O) groups excluding carboxylic acids is 1. The van der Waals surface area contributed by atoms with Crippen LogP contribution < -0.4 is 10.7 Å². The van der Waals surface area contributed by atoms with Gasteiger partial charge in [-0.15, -0.1) is 0 Å². The lowest BCUT2D eigenvalue weighted by Crippen LogP contribution is -2.25. The zero-order valence-electron chi connectivity index (χ0n) is 15.1. The first-order valence-electron chi connectivity index (χ1n) is 8.48. The quantitative estimate of drug-likeness (QED) is 0.370. The fourth-order valence-corrected chi connectivity index (χ4v) is 2.41. The summed E-state index contributed by atoms with van der Waals surface area (Å²) >= 11 is 0. The number of hydrogen-bond acceptors (Lipinski definition) is 6. The number of furan rings is 1. The zero-order valence-corrected chi connectivity index (χ0v) is 15.1. The molecule has 3 rings (SSSR count). The molecule has 0 unspecified atom stereocenters. The lowest BCUT2D eigenvalue weighted by atomic mass is 10.1. The second-order valence-corrected chi connectivity index (χ2v) is 6.02. The van der Waals surface area contributed by atoms with Crippen LogP contribution in [0.25, 0.3) is 11.3 Å². The van der Waals surface area contributed by atoms with Crippen LogP contribution in [0, 0.1) is 17.0 Å². The molecule has 1 aromatic heterocycles. The predicted octanol–water partition coefficient (Wildman–Crippen LogP) is 3.73. The van der Waals surface area contributed by atoms with E-state index < -0.39 is 4.92 Å². The monoisotopic (exact) mass is 378 g/mol. The average molecular weight is 378 g/mol. The molecule has 1 amide bonds. The van der Waals surface area contributed by atoms with Gasteiger partial charge >= 0.3 is 0 Å². The molecule has 0 spiro atoms. The maximum Gasteiger partial charge on any atom is 0.270 e. The Hall–Kier alpha value is -3.94. The summed E-state index contributed by atoms with van der Waals surface area (Å²) in [4.78, 5) is 22.2. The van der Waals surface area contributed by atoms with Gasteiger partial charge in [0.2, 0.25) is 0 Å². The molecule has 0 atom stereocenters. The van der Waals surface area contributed by atoms with Crippen molar-refractivity contribution in [3.05, 3.63) is 82.1 Å². The third-order valence-electron chi connectivity index (χ3n) is 3.85. The summed E-state index contributed by atoms with van der Waals surface area (Å²) in [6, 6.07) is 17.2. The van der Waals surface area contributed by atoms with Crippen molar-refractivity contribution in [3.63, 3.8) is 0 Å². The Labute approximate surface area is 161 Å². The maximum atomic E-state index is 11.8. The Morgan fingerprint density at radius 3 is 2.71 bits per heavy atom. The molecule has 2 N–H and O–H groups in total. The van der Waals surface area contributed by atoms with Crippen LogP contribution in [0.15, 0.2) is 70.2 Å². The Kier molecular flexibility index (Phi) is 5.81. The molecule has 3 aromatic rings. The Balaban J connectivity index is 1.53. The highest BCUT2D eigenvalue weighted by Crippen LogP contribution is 2.25. The minimum absolute atomic E-state index is 0.0162. The van der Waals surface area contributed by atoms with Crippen LogP contribution in [-0.4, -0.2) is 23.6 Å². The van der Waals surface area contributed by atoms with Gasteiger partial charge in [0.25, 0.3) is 11.6 Å². The van der Waals surface area contributed by atoms with Crippen LogP contribution in [0.2, 0.25) is 0 Å². The number of rotatable bonds is 7. The van der Waals surface area contributed by atoms with Crippen LogP contribution in [-0.2, 0) is 4.79 Å². The van der Waals surface area contributed by atoms with Crippen LogP contribution in [0.3, 0.4) is 0 Å². The van der Waals surface area contributed by atoms with E-state index >= 15 is 0 Å². The molecular weight excluding hydrogens is 360 g/mol. The number of amides is 1. The van der Waals surface area contributed by atoms with Gasteiger partial charge in [-0.25, -0.2) is 5.43 Å². The largest absolute Gasteiger partial charge is 0.455 e. The second-order valence-electron chi connectivity index (χ2n) is 6.02. The number of nitrogens with one attached hydrogen (secondary N) is 2. The van der Waals surface area contributed by atoms with Crippen molar-refractivity contribution in [2.24, 2.45) is 5.10 Å². The van der Waals surface area contributed by atoms with Crippen molar-refractivity contribution < 1.29 is 14.1 Å². The summed E-state index contributed by atoms with van der Waals surface area (Å²) in [7, 11) is 0. The van der Waals surface area contributed by atoms with Crippen LogP contribution in [0.4, 0.5) is 11.4 Å². The number of nitro groups is 1. The standard InChI is InChI=1S/C20H18N4O4/c1-14-5-7-16(8-6-14)21-13-20(25)23-22-12-18-9-10-19(28-18)15-3-2-4-17(11-15)24(26)27/h2-12,21H,13H2,1H3,(H,23,25)/b22-12-. The highest BCUT2D eigenvalue weighted by atomic mass is 16.6. The van der Waals surface area contributed by atoms with Crippen LogP contribution in [0.1, 0.15) is 11.3 Å². The summed E-state index contributed by atoms with van der Waals surface area (Å²) in [5.41, 5.74) is 4.96. The van der Waals surface area contributed by atoms with Gasteiger partial charge in [0.05, 0.1) is 17.7 Å². The van der Waals surface area contributed by atoms with Crippen molar-refractivity contribution in [2.75, 3.05) is 11.9 Å². The van der Waals surface area contributed by atoms with Gasteiger partial charge < -0.3 is 9.73 Å². The summed E-state index contributed by atoms with van der Waals surface area (Å²) in [6.07, 6.45) is 1.37. The van der Waals surface area contributed by atoms with E-state index in [0.29, 0.717) is 17.1 Å². The van der Waals surface area contributed by atoms with Gasteiger partial charge in [0, 0.05) is 23.4 Å². The lowest BCUT2D eigenvalue weighted by molar-refractivity contribution is -0.384. The fourth-order valence-electron chi connectivity index (χ4n) is 2.41. The molecule has 1 heterocycles. The highest BCUT2D eigenvalue weighted by molar-refractivity contribution is 5.83. The first-order chi connectivity index (χ1) is 13.5. The minimum atomic E-state index is -0.463. The van der Waals surface area contributed by atoms with Gasteiger partial charge in [0.1, 0.15) is 11.5 Å². The molecule has 0 saturated heterocycles. The molecule has 0 bridgehead atoms. The number of benzene rings is 2. The van der Waals surface area contributed by atoms with Gasteiger partial charge in [-0.3, -0.25) is 14.9 Å². The van der Waals surface area contributed by atoms with E-state index in [-0.39, 0.29) is 18.1 Å². The Morgan fingerprint density at radius 1 is 1.18 bits per heavy atom. The topological polar surface area (TPSA) is 110 Å². The molecule has 0 radical (unpaired) electrons. The third kappa shape index (κ3) is 5.04. The van der Waals surface area contributed by atoms with Crippen LogP contribution >= 0.6 is 0 Å². The summed E-state index contributed by atoms with van der Waals surface area (Å²) < 4.78 is 5.59. The molecule has 0 aliphatic heterocycles. The number of hydrogen-bond donors (Lipinski definition) is 2. The van der Waals surface area contributed by atoms with E-state index in [1.165, 1.54) is 18.3 Å². The molecule has 8 nitrogen and oxygen atoms in total. The maximum absolute atomic E-state index is 11.8. The van der Waals surface area contributed by atoms with E-state index in [1.807, 2.05) is 31.2 Å². The molecular formula is C20H18N4O4. The molecule has 8 heteroatoms. The number of hydrazone groups is 1. The molecule has 0 aliphatic rings. The fraction of sp³-hybridized carbons (Fsp3) is 0.100. The smallest absolute Gasteiger partial charge is 0.270 e.